The van der Waals surface area contributed by atoms with Crippen LogP contribution in [0.4, 0.5) is 4.39 Å². The van der Waals surface area contributed by atoms with Crippen LogP contribution in [-0.4, -0.2) is 27.2 Å². The molecule has 1 aromatic rings. The van der Waals surface area contributed by atoms with Crippen LogP contribution in [0.3, 0.4) is 0 Å². The number of rotatable bonds is 3. The van der Waals surface area contributed by atoms with Crippen LogP contribution in [0.1, 0.15) is 13.3 Å². The Morgan fingerprint density at radius 1 is 1.50 bits per heavy atom. The molecule has 0 bridgehead atoms. The van der Waals surface area contributed by atoms with Gasteiger partial charge < -0.3 is 4.74 Å². The van der Waals surface area contributed by atoms with Gasteiger partial charge in [0.25, 0.3) is 0 Å². The minimum atomic E-state index is -3.73. The number of nitrogens with one attached hydrogen (secondary N) is 1. The van der Waals surface area contributed by atoms with Crippen molar-refractivity contribution in [2.24, 2.45) is 0 Å². The molecular formula is C11H13BrFNO3S. The van der Waals surface area contributed by atoms with E-state index in [9.17, 15) is 12.8 Å². The van der Waals surface area contributed by atoms with Gasteiger partial charge in [-0.25, -0.2) is 17.5 Å². The number of ether oxygens (including phenoxy) is 1. The van der Waals surface area contributed by atoms with Crippen molar-refractivity contribution in [3.05, 3.63) is 28.5 Å². The number of halogens is 2. The molecule has 0 spiro atoms. The molecule has 1 aromatic carbocycles. The first-order valence-corrected chi connectivity index (χ1v) is 7.67. The first-order valence-electron chi connectivity index (χ1n) is 5.39. The lowest BCUT2D eigenvalue weighted by Crippen LogP contribution is -2.46. The minimum absolute atomic E-state index is 0.0867. The van der Waals surface area contributed by atoms with Crippen LogP contribution >= 0.6 is 15.9 Å². The summed E-state index contributed by atoms with van der Waals surface area (Å²) in [6, 6.07) is 3.72. The zero-order valence-electron chi connectivity index (χ0n) is 9.74. The monoisotopic (exact) mass is 337 g/mol. The normalized spacial score (nSPS) is 24.4. The standard InChI is InChI=1S/C11H13BrFNO3S/c1-11(4-5-17-7-11)14-18(15,16)8-2-3-9(12)10(13)6-8/h2-3,6,14H,4-5,7H2,1H3. The van der Waals surface area contributed by atoms with E-state index in [1.807, 2.05) is 0 Å². The van der Waals surface area contributed by atoms with Crippen molar-refractivity contribution in [3.8, 4) is 0 Å². The van der Waals surface area contributed by atoms with E-state index in [0.717, 1.165) is 6.07 Å². The molecule has 1 saturated heterocycles. The molecule has 0 saturated carbocycles. The molecule has 1 aliphatic heterocycles. The van der Waals surface area contributed by atoms with Crippen LogP contribution in [0.5, 0.6) is 0 Å². The summed E-state index contributed by atoms with van der Waals surface area (Å²) in [6.45, 7) is 2.62. The molecule has 4 nitrogen and oxygen atoms in total. The first-order chi connectivity index (χ1) is 8.32. The Morgan fingerprint density at radius 3 is 2.78 bits per heavy atom. The van der Waals surface area contributed by atoms with Gasteiger partial charge in [-0.2, -0.15) is 0 Å². The Hall–Kier alpha value is -0.500. The molecule has 18 heavy (non-hydrogen) atoms. The maximum atomic E-state index is 13.4. The van der Waals surface area contributed by atoms with Gasteiger partial charge in [-0.3, -0.25) is 0 Å². The minimum Gasteiger partial charge on any atom is -0.379 e. The summed E-state index contributed by atoms with van der Waals surface area (Å²) in [7, 11) is -3.73. The molecule has 1 aliphatic rings. The van der Waals surface area contributed by atoms with E-state index in [4.69, 9.17) is 4.74 Å². The molecule has 0 aromatic heterocycles. The second kappa shape index (κ2) is 4.88. The van der Waals surface area contributed by atoms with E-state index in [1.165, 1.54) is 12.1 Å². The quantitative estimate of drug-likeness (QED) is 0.918. The molecule has 1 heterocycles. The van der Waals surface area contributed by atoms with E-state index in [-0.39, 0.29) is 9.37 Å². The van der Waals surface area contributed by atoms with Gasteiger partial charge in [0, 0.05) is 6.61 Å². The molecule has 1 atom stereocenters. The lowest BCUT2D eigenvalue weighted by atomic mass is 10.0. The summed E-state index contributed by atoms with van der Waals surface area (Å²) < 4.78 is 45.5. The van der Waals surface area contributed by atoms with E-state index >= 15 is 0 Å². The van der Waals surface area contributed by atoms with Gasteiger partial charge in [0.1, 0.15) is 5.82 Å². The maximum absolute atomic E-state index is 13.4. The van der Waals surface area contributed by atoms with Gasteiger partial charge in [-0.15, -0.1) is 0 Å². The number of hydrogen-bond acceptors (Lipinski definition) is 3. The Bertz CT molecular complexity index is 555. The van der Waals surface area contributed by atoms with Crippen molar-refractivity contribution in [1.29, 1.82) is 0 Å². The van der Waals surface area contributed by atoms with E-state index in [0.29, 0.717) is 19.6 Å². The fourth-order valence-corrected chi connectivity index (χ4v) is 3.45. The SMILES string of the molecule is CC1(NS(=O)(=O)c2ccc(Br)c(F)c2)CCOC1. The predicted molar refractivity (Wildman–Crippen MR) is 68.3 cm³/mol. The van der Waals surface area contributed by atoms with Gasteiger partial charge in [-0.1, -0.05) is 0 Å². The third kappa shape index (κ3) is 2.90. The van der Waals surface area contributed by atoms with Crippen molar-refractivity contribution in [2.45, 2.75) is 23.8 Å². The lowest BCUT2D eigenvalue weighted by molar-refractivity contribution is 0.178. The van der Waals surface area contributed by atoms with Gasteiger partial charge in [0.05, 0.1) is 21.5 Å². The second-order valence-corrected chi connectivity index (χ2v) is 7.08. The lowest BCUT2D eigenvalue weighted by Gasteiger charge is -2.23. The maximum Gasteiger partial charge on any atom is 0.241 e. The molecule has 0 amide bonds. The third-order valence-electron chi connectivity index (χ3n) is 2.80. The second-order valence-electron chi connectivity index (χ2n) is 4.54. The number of hydrogen-bond donors (Lipinski definition) is 1. The average Bonchev–Trinajstić information content (AvgIpc) is 2.67. The molecule has 1 fully saturated rings. The summed E-state index contributed by atoms with van der Waals surface area (Å²) in [5.74, 6) is -0.606. The van der Waals surface area contributed by atoms with Crippen LogP contribution in [0.15, 0.2) is 27.6 Å². The van der Waals surface area contributed by atoms with Crippen LogP contribution in [0.2, 0.25) is 0 Å². The highest BCUT2D eigenvalue weighted by atomic mass is 79.9. The zero-order chi connectivity index (χ0) is 13.4. The average molecular weight is 338 g/mol. The van der Waals surface area contributed by atoms with Crippen LogP contribution < -0.4 is 4.72 Å². The van der Waals surface area contributed by atoms with Gasteiger partial charge in [0.2, 0.25) is 10.0 Å². The number of benzene rings is 1. The van der Waals surface area contributed by atoms with Gasteiger partial charge >= 0.3 is 0 Å². The Labute approximate surface area is 114 Å². The fourth-order valence-electron chi connectivity index (χ4n) is 1.77. The smallest absolute Gasteiger partial charge is 0.241 e. The van der Waals surface area contributed by atoms with Crippen molar-refractivity contribution < 1.29 is 17.5 Å². The molecule has 100 valence electrons. The summed E-state index contributed by atoms with van der Waals surface area (Å²) >= 11 is 2.98. The molecule has 0 radical (unpaired) electrons. The van der Waals surface area contributed by atoms with Crippen LogP contribution in [0.25, 0.3) is 0 Å². The summed E-state index contributed by atoms with van der Waals surface area (Å²) in [6.07, 6.45) is 0.602. The van der Waals surface area contributed by atoms with Crippen LogP contribution in [0, 0.1) is 5.82 Å². The molecule has 1 N–H and O–H groups in total. The molecular weight excluding hydrogens is 325 g/mol. The zero-order valence-corrected chi connectivity index (χ0v) is 12.1. The highest BCUT2D eigenvalue weighted by Gasteiger charge is 2.34. The van der Waals surface area contributed by atoms with E-state index < -0.39 is 21.4 Å². The summed E-state index contributed by atoms with van der Waals surface area (Å²) in [5.41, 5.74) is -0.623. The Balaban J connectivity index is 2.27. The Morgan fingerprint density at radius 2 is 2.22 bits per heavy atom. The van der Waals surface area contributed by atoms with Crippen molar-refractivity contribution in [3.63, 3.8) is 0 Å². The molecule has 0 aliphatic carbocycles. The van der Waals surface area contributed by atoms with Crippen LogP contribution in [-0.2, 0) is 14.8 Å². The van der Waals surface area contributed by atoms with Crippen molar-refractivity contribution >= 4 is 26.0 Å². The topological polar surface area (TPSA) is 55.4 Å². The highest BCUT2D eigenvalue weighted by Crippen LogP contribution is 2.23. The third-order valence-corrected chi connectivity index (χ3v) is 5.08. The summed E-state index contributed by atoms with van der Waals surface area (Å²) in [4.78, 5) is -0.0867. The summed E-state index contributed by atoms with van der Waals surface area (Å²) in [5, 5.41) is 0. The van der Waals surface area contributed by atoms with E-state index in [2.05, 4.69) is 20.7 Å². The molecule has 1 unspecified atom stereocenters. The number of sulfonamides is 1. The van der Waals surface area contributed by atoms with Crippen molar-refractivity contribution in [2.75, 3.05) is 13.2 Å². The predicted octanol–water partition coefficient (Wildman–Crippen LogP) is 2.05. The fraction of sp³-hybridized carbons (Fsp3) is 0.455. The molecule has 2 rings (SSSR count). The van der Waals surface area contributed by atoms with Gasteiger partial charge in [-0.05, 0) is 47.5 Å². The highest BCUT2D eigenvalue weighted by molar-refractivity contribution is 9.10. The molecule has 7 heteroatoms. The van der Waals surface area contributed by atoms with Gasteiger partial charge in [0.15, 0.2) is 0 Å². The first kappa shape index (κ1) is 13.9. The largest absolute Gasteiger partial charge is 0.379 e. The van der Waals surface area contributed by atoms with E-state index in [1.54, 1.807) is 6.92 Å². The Kier molecular flexibility index (Phi) is 3.77. The van der Waals surface area contributed by atoms with Crippen molar-refractivity contribution in [1.82, 2.24) is 4.72 Å².